The average molecular weight is 413 g/mol. The molecule has 2 aromatic heterocycles. The van der Waals surface area contributed by atoms with Crippen LogP contribution in [-0.2, 0) is 14.0 Å². The highest BCUT2D eigenvalue weighted by atomic mass is 32.1. The standard InChI is InChI=1S/C16H24N4O5SSi/c1-16(2,3)27(4,5)24-7-8-6-9(21)13(25-8)20-11-10(26-15(20)23)12(22)19-14(17)18-11/h8,13H,6-7H2,1-5H3,(H3,17,18,19,22)/t8-,13+/m0/s1. The summed E-state index contributed by atoms with van der Waals surface area (Å²) < 4.78 is 13.2. The molecule has 27 heavy (non-hydrogen) atoms. The first-order valence-electron chi connectivity index (χ1n) is 8.63. The number of ketones is 1. The van der Waals surface area contributed by atoms with E-state index in [1.54, 1.807) is 0 Å². The Bertz CT molecular complexity index is 1000. The molecule has 0 radical (unpaired) electrons. The molecule has 3 heterocycles. The van der Waals surface area contributed by atoms with E-state index in [1.165, 1.54) is 0 Å². The minimum atomic E-state index is -1.98. The molecule has 0 bridgehead atoms. The largest absolute Gasteiger partial charge is 0.414 e. The van der Waals surface area contributed by atoms with Gasteiger partial charge in [0.1, 0.15) is 4.70 Å². The number of nitrogens with two attached hydrogens (primary N) is 1. The number of carbonyl (C=O) groups is 1. The fraction of sp³-hybridized carbons (Fsp3) is 0.625. The molecule has 0 unspecified atom stereocenters. The third-order valence-corrected chi connectivity index (χ3v) is 10.6. The lowest BCUT2D eigenvalue weighted by atomic mass is 10.2. The van der Waals surface area contributed by atoms with Crippen LogP contribution < -0.4 is 16.2 Å². The number of rotatable bonds is 4. The molecule has 0 spiro atoms. The molecule has 2 atom stereocenters. The molecular weight excluding hydrogens is 388 g/mol. The highest BCUT2D eigenvalue weighted by Gasteiger charge is 2.41. The van der Waals surface area contributed by atoms with Crippen molar-refractivity contribution in [1.29, 1.82) is 0 Å². The minimum absolute atomic E-state index is 0.0397. The van der Waals surface area contributed by atoms with E-state index < -0.39 is 31.1 Å². The SMILES string of the molecule is CC(C)(C)[Si](C)(C)OC[C@@H]1CC(=O)[C@H](n2c(=O)sc3c(=O)[nH]c(N)nc32)O1. The molecular formula is C16H24N4O5SSi. The van der Waals surface area contributed by atoms with Gasteiger partial charge in [-0.15, -0.1) is 0 Å². The fourth-order valence-electron chi connectivity index (χ4n) is 2.60. The summed E-state index contributed by atoms with van der Waals surface area (Å²) in [7, 11) is -1.98. The van der Waals surface area contributed by atoms with E-state index in [4.69, 9.17) is 14.9 Å². The Hall–Kier alpha value is -1.82. The van der Waals surface area contributed by atoms with Crippen molar-refractivity contribution in [2.24, 2.45) is 0 Å². The highest BCUT2D eigenvalue weighted by Crippen LogP contribution is 2.37. The maximum Gasteiger partial charge on any atom is 0.312 e. The van der Waals surface area contributed by atoms with Crippen LogP contribution in [0.1, 0.15) is 33.4 Å². The summed E-state index contributed by atoms with van der Waals surface area (Å²) in [6, 6.07) is 0. The second-order valence-electron chi connectivity index (χ2n) is 8.19. The summed E-state index contributed by atoms with van der Waals surface area (Å²) in [5, 5.41) is 0.0397. The van der Waals surface area contributed by atoms with E-state index in [0.29, 0.717) is 11.3 Å². The van der Waals surface area contributed by atoms with Crippen LogP contribution in [0, 0.1) is 0 Å². The van der Waals surface area contributed by atoms with Crippen molar-refractivity contribution in [3.05, 3.63) is 20.0 Å². The minimum Gasteiger partial charge on any atom is -0.414 e. The van der Waals surface area contributed by atoms with Gasteiger partial charge in [-0.3, -0.25) is 19.4 Å². The van der Waals surface area contributed by atoms with E-state index in [0.717, 1.165) is 4.57 Å². The van der Waals surface area contributed by atoms with Crippen LogP contribution in [0.15, 0.2) is 9.59 Å². The summed E-state index contributed by atoms with van der Waals surface area (Å²) in [4.78, 5) is 42.7. The van der Waals surface area contributed by atoms with Crippen LogP contribution in [-0.4, -0.2) is 41.3 Å². The third-order valence-electron chi connectivity index (χ3n) is 5.19. The van der Waals surface area contributed by atoms with Gasteiger partial charge in [0.05, 0.1) is 12.7 Å². The molecule has 0 amide bonds. The molecule has 148 valence electrons. The first kappa shape index (κ1) is 19.9. The molecule has 0 aromatic carbocycles. The summed E-state index contributed by atoms with van der Waals surface area (Å²) in [6.45, 7) is 10.9. The van der Waals surface area contributed by atoms with E-state index >= 15 is 0 Å². The fourth-order valence-corrected chi connectivity index (χ4v) is 4.47. The maximum atomic E-state index is 12.5. The quantitative estimate of drug-likeness (QED) is 0.730. The number of nitrogen functional groups attached to an aromatic ring is 1. The number of anilines is 1. The number of ether oxygens (including phenoxy) is 1. The van der Waals surface area contributed by atoms with Crippen molar-refractivity contribution >= 4 is 41.7 Å². The average Bonchev–Trinajstić information content (AvgIpc) is 3.04. The van der Waals surface area contributed by atoms with Crippen LogP contribution in [0.4, 0.5) is 5.95 Å². The number of nitrogens with one attached hydrogen (secondary N) is 1. The molecule has 1 aliphatic rings. The molecule has 1 fully saturated rings. The zero-order valence-electron chi connectivity index (χ0n) is 16.0. The third kappa shape index (κ3) is 3.64. The number of hydrogen-bond acceptors (Lipinski definition) is 8. The number of Topliss-reactive ketones (excluding diaryl/α,β-unsaturated/α-hetero) is 1. The van der Waals surface area contributed by atoms with Gasteiger partial charge in [0.25, 0.3) is 5.56 Å². The molecule has 1 saturated heterocycles. The Morgan fingerprint density at radius 2 is 2.04 bits per heavy atom. The van der Waals surface area contributed by atoms with E-state index in [9.17, 15) is 14.4 Å². The van der Waals surface area contributed by atoms with Gasteiger partial charge in [-0.25, -0.2) is 4.57 Å². The number of H-pyrrole nitrogens is 1. The number of aromatic amines is 1. The number of aromatic nitrogens is 3. The second-order valence-corrected chi connectivity index (χ2v) is 14.0. The van der Waals surface area contributed by atoms with Gasteiger partial charge in [0, 0.05) is 6.42 Å². The number of hydrogen-bond donors (Lipinski definition) is 2. The van der Waals surface area contributed by atoms with Gasteiger partial charge in [0.15, 0.2) is 26.0 Å². The maximum absolute atomic E-state index is 12.5. The van der Waals surface area contributed by atoms with Gasteiger partial charge < -0.3 is 14.9 Å². The Balaban J connectivity index is 1.85. The number of nitrogens with zero attached hydrogens (tertiary/aromatic N) is 2. The van der Waals surface area contributed by atoms with Crippen LogP contribution in [0.3, 0.4) is 0 Å². The van der Waals surface area contributed by atoms with Gasteiger partial charge in [-0.05, 0) is 18.1 Å². The van der Waals surface area contributed by atoms with Crippen molar-refractivity contribution in [2.75, 3.05) is 12.3 Å². The van der Waals surface area contributed by atoms with Crippen LogP contribution in [0.2, 0.25) is 18.1 Å². The molecule has 9 nitrogen and oxygen atoms in total. The summed E-state index contributed by atoms with van der Waals surface area (Å²) >= 11 is 0.714. The van der Waals surface area contributed by atoms with Gasteiger partial charge >= 0.3 is 4.87 Å². The van der Waals surface area contributed by atoms with Crippen molar-refractivity contribution in [3.8, 4) is 0 Å². The molecule has 0 aliphatic carbocycles. The lowest BCUT2D eigenvalue weighted by Gasteiger charge is -2.36. The van der Waals surface area contributed by atoms with E-state index in [1.807, 2.05) is 0 Å². The summed E-state index contributed by atoms with van der Waals surface area (Å²) in [5.41, 5.74) is 5.13. The Morgan fingerprint density at radius 1 is 1.37 bits per heavy atom. The summed E-state index contributed by atoms with van der Waals surface area (Å²) in [5.74, 6) is -0.372. The van der Waals surface area contributed by atoms with Crippen molar-refractivity contribution in [2.45, 2.75) is 57.7 Å². The molecule has 2 aromatic rings. The normalized spacial score (nSPS) is 21.3. The lowest BCUT2D eigenvalue weighted by molar-refractivity contribution is -0.127. The first-order chi connectivity index (χ1) is 12.4. The van der Waals surface area contributed by atoms with Crippen LogP contribution in [0.5, 0.6) is 0 Å². The zero-order chi connectivity index (χ0) is 20.1. The topological polar surface area (TPSA) is 129 Å². The number of thiazole rings is 1. The number of carbonyl (C=O) groups excluding carboxylic acids is 1. The Labute approximate surface area is 160 Å². The van der Waals surface area contributed by atoms with Crippen LogP contribution >= 0.6 is 11.3 Å². The molecule has 0 saturated carbocycles. The number of fused-ring (bicyclic) bond motifs is 1. The Kier molecular flexibility index (Phi) is 4.91. The van der Waals surface area contributed by atoms with Crippen molar-refractivity contribution in [1.82, 2.24) is 14.5 Å². The first-order valence-corrected chi connectivity index (χ1v) is 12.4. The molecule has 3 N–H and O–H groups in total. The van der Waals surface area contributed by atoms with Crippen LogP contribution in [0.25, 0.3) is 10.3 Å². The second kappa shape index (κ2) is 6.65. The monoisotopic (exact) mass is 412 g/mol. The van der Waals surface area contributed by atoms with Crippen molar-refractivity contribution < 1.29 is 14.0 Å². The van der Waals surface area contributed by atoms with Gasteiger partial charge in [-0.2, -0.15) is 4.98 Å². The lowest BCUT2D eigenvalue weighted by Crippen LogP contribution is -2.42. The highest BCUT2D eigenvalue weighted by molar-refractivity contribution is 7.16. The predicted molar refractivity (Wildman–Crippen MR) is 106 cm³/mol. The van der Waals surface area contributed by atoms with Gasteiger partial charge in [-0.1, -0.05) is 32.1 Å². The predicted octanol–water partition coefficient (Wildman–Crippen LogP) is 1.61. The summed E-state index contributed by atoms with van der Waals surface area (Å²) in [6.07, 6.45) is -1.42. The zero-order valence-corrected chi connectivity index (χ0v) is 17.8. The van der Waals surface area contributed by atoms with E-state index in [2.05, 4.69) is 43.8 Å². The van der Waals surface area contributed by atoms with E-state index in [-0.39, 0.29) is 40.1 Å². The molecule has 11 heteroatoms. The van der Waals surface area contributed by atoms with Crippen molar-refractivity contribution in [3.63, 3.8) is 0 Å². The smallest absolute Gasteiger partial charge is 0.312 e. The molecule has 1 aliphatic heterocycles. The molecule has 3 rings (SSSR count). The van der Waals surface area contributed by atoms with Gasteiger partial charge in [0.2, 0.25) is 5.95 Å². The Morgan fingerprint density at radius 3 is 2.67 bits per heavy atom.